The average molecular weight is 278 g/mol. The molecule has 0 aliphatic carbocycles. The van der Waals surface area contributed by atoms with E-state index in [2.05, 4.69) is 11.8 Å². The Balaban J connectivity index is 2.14. The summed E-state index contributed by atoms with van der Waals surface area (Å²) >= 11 is 1.41. The fourth-order valence-corrected chi connectivity index (χ4v) is 3.00. The molecule has 1 fully saturated rings. The highest BCUT2D eigenvalue weighted by Crippen LogP contribution is 2.23. The molecule has 0 spiro atoms. The van der Waals surface area contributed by atoms with Gasteiger partial charge in [0.25, 0.3) is 5.91 Å². The minimum Gasteiger partial charge on any atom is -0.393 e. The molecule has 2 atom stereocenters. The van der Waals surface area contributed by atoms with Gasteiger partial charge in [0, 0.05) is 18.7 Å². The first kappa shape index (κ1) is 14.1. The van der Waals surface area contributed by atoms with Gasteiger partial charge in [-0.05, 0) is 23.8 Å². The van der Waals surface area contributed by atoms with E-state index in [1.54, 1.807) is 4.90 Å². The average Bonchev–Trinajstić information content (AvgIpc) is 2.87. The number of amides is 1. The van der Waals surface area contributed by atoms with Crippen LogP contribution < -0.4 is 5.73 Å². The molecule has 1 aromatic rings. The summed E-state index contributed by atoms with van der Waals surface area (Å²) in [5.41, 5.74) is 6.10. The van der Waals surface area contributed by atoms with Crippen LogP contribution in [0.15, 0.2) is 11.4 Å². The van der Waals surface area contributed by atoms with Crippen molar-refractivity contribution < 1.29 is 9.90 Å². The molecule has 0 aromatic carbocycles. The molecule has 2 rings (SSSR count). The smallest absolute Gasteiger partial charge is 0.265 e. The van der Waals surface area contributed by atoms with Gasteiger partial charge in [-0.25, -0.2) is 0 Å². The largest absolute Gasteiger partial charge is 0.393 e. The lowest BCUT2D eigenvalue weighted by atomic mass is 9.96. The Bertz CT molecular complexity index is 515. The Morgan fingerprint density at radius 1 is 1.68 bits per heavy atom. The van der Waals surface area contributed by atoms with Gasteiger partial charge in [-0.15, -0.1) is 11.3 Å². The molecule has 5 heteroatoms. The normalized spacial score (nSPS) is 22.8. The predicted molar refractivity (Wildman–Crippen MR) is 75.9 cm³/mol. The second kappa shape index (κ2) is 6.20. The van der Waals surface area contributed by atoms with Crippen LogP contribution in [-0.4, -0.2) is 41.7 Å². The first-order valence-electron chi connectivity index (χ1n) is 6.37. The van der Waals surface area contributed by atoms with Gasteiger partial charge < -0.3 is 15.7 Å². The van der Waals surface area contributed by atoms with Crippen molar-refractivity contribution in [3.05, 3.63) is 21.9 Å². The van der Waals surface area contributed by atoms with Crippen LogP contribution in [0.1, 0.15) is 28.6 Å². The summed E-state index contributed by atoms with van der Waals surface area (Å²) in [4.78, 5) is 14.9. The Labute approximate surface area is 117 Å². The van der Waals surface area contributed by atoms with Crippen molar-refractivity contribution >= 4 is 17.2 Å². The number of carbonyl (C=O) groups excluding carboxylic acids is 1. The van der Waals surface area contributed by atoms with Crippen LogP contribution in [0, 0.1) is 17.8 Å². The summed E-state index contributed by atoms with van der Waals surface area (Å²) in [5, 5.41) is 11.6. The van der Waals surface area contributed by atoms with E-state index in [4.69, 9.17) is 5.73 Å². The zero-order chi connectivity index (χ0) is 13.8. The van der Waals surface area contributed by atoms with E-state index >= 15 is 0 Å². The van der Waals surface area contributed by atoms with Crippen LogP contribution in [0.3, 0.4) is 0 Å². The molecule has 1 amide bonds. The Morgan fingerprint density at radius 2 is 2.47 bits per heavy atom. The van der Waals surface area contributed by atoms with Crippen LogP contribution in [0.25, 0.3) is 0 Å². The van der Waals surface area contributed by atoms with Gasteiger partial charge in [0.2, 0.25) is 0 Å². The highest BCUT2D eigenvalue weighted by molar-refractivity contribution is 7.12. The molecule has 0 saturated carbocycles. The van der Waals surface area contributed by atoms with Gasteiger partial charge in [-0.1, -0.05) is 18.8 Å². The third kappa shape index (κ3) is 3.16. The van der Waals surface area contributed by atoms with Crippen molar-refractivity contribution in [3.63, 3.8) is 0 Å². The lowest BCUT2D eigenvalue weighted by molar-refractivity contribution is 0.0300. The molecule has 1 aliphatic heterocycles. The van der Waals surface area contributed by atoms with Crippen LogP contribution in [0.5, 0.6) is 0 Å². The van der Waals surface area contributed by atoms with E-state index in [1.807, 2.05) is 18.4 Å². The summed E-state index contributed by atoms with van der Waals surface area (Å²) in [7, 11) is 0. The molecule has 1 saturated heterocycles. The summed E-state index contributed by atoms with van der Waals surface area (Å²) < 4.78 is 0. The quantitative estimate of drug-likeness (QED) is 0.750. The van der Waals surface area contributed by atoms with E-state index in [0.717, 1.165) is 5.56 Å². The zero-order valence-electron chi connectivity index (χ0n) is 10.9. The van der Waals surface area contributed by atoms with E-state index in [0.29, 0.717) is 24.4 Å². The molecule has 2 unspecified atom stereocenters. The van der Waals surface area contributed by atoms with Gasteiger partial charge >= 0.3 is 0 Å². The number of likely N-dealkylation sites (tertiary alicyclic amines) is 1. The maximum atomic E-state index is 12.5. The first-order chi connectivity index (χ1) is 9.13. The minimum absolute atomic E-state index is 0.00933. The number of thiophene rings is 1. The number of aliphatic hydroxyl groups is 1. The fourth-order valence-electron chi connectivity index (χ4n) is 2.18. The molecule has 3 N–H and O–H groups in total. The number of piperidine rings is 1. The Hall–Kier alpha value is -1.35. The molecule has 1 aliphatic rings. The third-order valence-corrected chi connectivity index (χ3v) is 4.23. The third-order valence-electron chi connectivity index (χ3n) is 3.33. The molecular formula is C14H18N2O2S. The lowest BCUT2D eigenvalue weighted by Crippen LogP contribution is -2.44. The monoisotopic (exact) mass is 278 g/mol. The standard InChI is InChI=1S/C14H18N2O2S/c1-10-9-16(7-4-12(10)17)14(18)13-11(3-2-6-15)5-8-19-13/h5,8,10,12,17H,4,6-7,9,15H2,1H3. The van der Waals surface area contributed by atoms with Gasteiger partial charge in [0.15, 0.2) is 0 Å². The van der Waals surface area contributed by atoms with Crippen LogP contribution >= 0.6 is 11.3 Å². The van der Waals surface area contributed by atoms with E-state index in [1.165, 1.54) is 11.3 Å². The molecule has 19 heavy (non-hydrogen) atoms. The van der Waals surface area contributed by atoms with Crippen molar-refractivity contribution in [2.45, 2.75) is 19.4 Å². The Morgan fingerprint density at radius 3 is 3.16 bits per heavy atom. The fraction of sp³-hybridized carbons (Fsp3) is 0.500. The molecule has 0 radical (unpaired) electrons. The number of nitrogens with zero attached hydrogens (tertiary/aromatic N) is 1. The number of carbonyl (C=O) groups is 1. The predicted octanol–water partition coefficient (Wildman–Crippen LogP) is 0.901. The molecule has 2 heterocycles. The lowest BCUT2D eigenvalue weighted by Gasteiger charge is -2.34. The minimum atomic E-state index is -0.302. The van der Waals surface area contributed by atoms with Crippen molar-refractivity contribution in [2.24, 2.45) is 11.7 Å². The van der Waals surface area contributed by atoms with Crippen LogP contribution in [0.2, 0.25) is 0 Å². The number of hydrogen-bond donors (Lipinski definition) is 2. The van der Waals surface area contributed by atoms with Crippen LogP contribution in [0.4, 0.5) is 0 Å². The van der Waals surface area contributed by atoms with Gasteiger partial charge in [-0.3, -0.25) is 4.79 Å². The van der Waals surface area contributed by atoms with Crippen molar-refractivity contribution in [1.29, 1.82) is 0 Å². The number of nitrogens with two attached hydrogens (primary N) is 1. The van der Waals surface area contributed by atoms with Crippen molar-refractivity contribution in [3.8, 4) is 11.8 Å². The van der Waals surface area contributed by atoms with Crippen molar-refractivity contribution in [1.82, 2.24) is 4.90 Å². The van der Waals surface area contributed by atoms with Gasteiger partial charge in [-0.2, -0.15) is 0 Å². The summed E-state index contributed by atoms with van der Waals surface area (Å²) in [6.07, 6.45) is 0.339. The topological polar surface area (TPSA) is 66.6 Å². The number of rotatable bonds is 1. The maximum absolute atomic E-state index is 12.5. The highest BCUT2D eigenvalue weighted by Gasteiger charge is 2.29. The van der Waals surface area contributed by atoms with Gasteiger partial charge in [0.05, 0.1) is 12.6 Å². The molecular weight excluding hydrogens is 260 g/mol. The SMILES string of the molecule is CC1CN(C(=O)c2sccc2C#CCN)CCC1O. The van der Waals surface area contributed by atoms with Gasteiger partial charge in [0.1, 0.15) is 4.88 Å². The van der Waals surface area contributed by atoms with Crippen molar-refractivity contribution in [2.75, 3.05) is 19.6 Å². The summed E-state index contributed by atoms with van der Waals surface area (Å²) in [6, 6.07) is 1.85. The van der Waals surface area contributed by atoms with E-state index in [9.17, 15) is 9.90 Å². The molecule has 1 aromatic heterocycles. The molecule has 0 bridgehead atoms. The number of hydrogen-bond acceptors (Lipinski definition) is 4. The van der Waals surface area contributed by atoms with E-state index in [-0.39, 0.29) is 24.5 Å². The molecule has 102 valence electrons. The second-order valence-electron chi connectivity index (χ2n) is 4.75. The molecule has 4 nitrogen and oxygen atoms in total. The van der Waals surface area contributed by atoms with E-state index < -0.39 is 0 Å². The maximum Gasteiger partial charge on any atom is 0.265 e. The number of aliphatic hydroxyl groups excluding tert-OH is 1. The summed E-state index contributed by atoms with van der Waals surface area (Å²) in [5.74, 6) is 5.84. The Kier molecular flexibility index (Phi) is 4.59. The second-order valence-corrected chi connectivity index (χ2v) is 5.67. The highest BCUT2D eigenvalue weighted by atomic mass is 32.1. The summed E-state index contributed by atoms with van der Waals surface area (Å²) in [6.45, 7) is 3.46. The zero-order valence-corrected chi connectivity index (χ0v) is 11.7. The first-order valence-corrected chi connectivity index (χ1v) is 7.25. The van der Waals surface area contributed by atoms with Crippen LogP contribution in [-0.2, 0) is 0 Å².